The maximum atomic E-state index is 12.3. The zero-order valence-corrected chi connectivity index (χ0v) is 15.6. The molecule has 2 amide bonds. The summed E-state index contributed by atoms with van der Waals surface area (Å²) in [5, 5.41) is 6.32. The summed E-state index contributed by atoms with van der Waals surface area (Å²) in [5.41, 5.74) is 0. The fraction of sp³-hybridized carbons (Fsp3) is 0.895. The van der Waals surface area contributed by atoms with Crippen LogP contribution in [0.1, 0.15) is 58.3 Å². The lowest BCUT2D eigenvalue weighted by molar-refractivity contribution is -0.128. The third kappa shape index (κ3) is 5.96. The van der Waals surface area contributed by atoms with E-state index in [1.54, 1.807) is 0 Å². The van der Waals surface area contributed by atoms with E-state index < -0.39 is 0 Å². The van der Waals surface area contributed by atoms with Crippen molar-refractivity contribution < 1.29 is 9.59 Å². The van der Waals surface area contributed by atoms with Crippen LogP contribution in [-0.2, 0) is 9.59 Å². The zero-order chi connectivity index (χ0) is 17.6. The van der Waals surface area contributed by atoms with Crippen molar-refractivity contribution in [2.45, 2.75) is 76.4 Å². The summed E-state index contributed by atoms with van der Waals surface area (Å²) in [7, 11) is 0. The predicted octanol–water partition coefficient (Wildman–Crippen LogP) is 1.11. The Kier molecular flexibility index (Phi) is 6.70. The Labute approximate surface area is 151 Å². The van der Waals surface area contributed by atoms with E-state index in [4.69, 9.17) is 0 Å². The van der Waals surface area contributed by atoms with Crippen LogP contribution in [-0.4, -0.2) is 72.5 Å². The van der Waals surface area contributed by atoms with Crippen LogP contribution in [0.25, 0.3) is 0 Å². The number of hydrogen-bond acceptors (Lipinski definition) is 4. The van der Waals surface area contributed by atoms with E-state index in [9.17, 15) is 9.59 Å². The van der Waals surface area contributed by atoms with Gasteiger partial charge in [0.15, 0.2) is 0 Å². The van der Waals surface area contributed by atoms with Gasteiger partial charge in [-0.2, -0.15) is 0 Å². The highest BCUT2D eigenvalue weighted by molar-refractivity contribution is 5.82. The summed E-state index contributed by atoms with van der Waals surface area (Å²) in [6, 6.07) is 0.730. The third-order valence-corrected chi connectivity index (χ3v) is 5.85. The van der Waals surface area contributed by atoms with Crippen LogP contribution < -0.4 is 10.6 Å². The lowest BCUT2D eigenvalue weighted by Gasteiger charge is -2.37. The molecule has 1 atom stereocenters. The largest absolute Gasteiger partial charge is 0.352 e. The van der Waals surface area contributed by atoms with E-state index in [0.29, 0.717) is 18.6 Å². The average Bonchev–Trinajstić information content (AvgIpc) is 3.43. The molecule has 0 aromatic carbocycles. The fourth-order valence-corrected chi connectivity index (χ4v) is 3.92. The van der Waals surface area contributed by atoms with Crippen molar-refractivity contribution in [2.24, 2.45) is 0 Å². The Morgan fingerprint density at radius 1 is 0.880 bits per heavy atom. The summed E-state index contributed by atoms with van der Waals surface area (Å²) in [4.78, 5) is 28.9. The van der Waals surface area contributed by atoms with E-state index in [-0.39, 0.29) is 17.9 Å². The minimum absolute atomic E-state index is 0.0671. The normalized spacial score (nSPS) is 25.2. The molecule has 3 fully saturated rings. The first kappa shape index (κ1) is 18.6. The molecule has 1 heterocycles. The summed E-state index contributed by atoms with van der Waals surface area (Å²) >= 11 is 0. The Bertz CT molecular complexity index is 450. The first-order valence-electron chi connectivity index (χ1n) is 10.2. The minimum Gasteiger partial charge on any atom is -0.352 e. The van der Waals surface area contributed by atoms with Gasteiger partial charge in [-0.1, -0.05) is 25.7 Å². The molecule has 1 aliphatic heterocycles. The van der Waals surface area contributed by atoms with Gasteiger partial charge in [0, 0.05) is 38.3 Å². The molecule has 2 saturated carbocycles. The summed E-state index contributed by atoms with van der Waals surface area (Å²) < 4.78 is 0. The number of rotatable bonds is 6. The number of piperazine rings is 1. The van der Waals surface area contributed by atoms with Gasteiger partial charge in [0.1, 0.15) is 0 Å². The molecule has 3 rings (SSSR count). The first-order chi connectivity index (χ1) is 12.1. The topological polar surface area (TPSA) is 64.7 Å². The second-order valence-electron chi connectivity index (χ2n) is 8.03. The molecule has 3 aliphatic rings. The van der Waals surface area contributed by atoms with Crippen molar-refractivity contribution in [3.63, 3.8) is 0 Å². The van der Waals surface area contributed by atoms with Gasteiger partial charge in [0.25, 0.3) is 0 Å². The molecule has 6 nitrogen and oxygen atoms in total. The van der Waals surface area contributed by atoms with Crippen LogP contribution in [0.4, 0.5) is 0 Å². The summed E-state index contributed by atoms with van der Waals surface area (Å²) in [6.45, 7) is 5.92. The van der Waals surface area contributed by atoms with Crippen molar-refractivity contribution in [1.29, 1.82) is 0 Å². The standard InChI is InChI=1S/C19H34N4O2/c1-15(19(25)21-17-8-9-17)23-12-10-22(11-13-23)14-18(24)20-16-6-4-2-3-5-7-16/h15-17H,2-14H2,1H3,(H,20,24)(H,21,25). The number of nitrogens with zero attached hydrogens (tertiary/aromatic N) is 2. The van der Waals surface area contributed by atoms with Crippen LogP contribution in [0.5, 0.6) is 0 Å². The van der Waals surface area contributed by atoms with Gasteiger partial charge in [0.2, 0.25) is 11.8 Å². The summed E-state index contributed by atoms with van der Waals surface area (Å²) in [5.74, 6) is 0.321. The number of hydrogen-bond donors (Lipinski definition) is 2. The molecule has 0 bridgehead atoms. The summed E-state index contributed by atoms with van der Waals surface area (Å²) in [6.07, 6.45) is 9.61. The predicted molar refractivity (Wildman–Crippen MR) is 98.3 cm³/mol. The second kappa shape index (κ2) is 8.99. The smallest absolute Gasteiger partial charge is 0.237 e. The molecular formula is C19H34N4O2. The van der Waals surface area contributed by atoms with Gasteiger partial charge < -0.3 is 10.6 Å². The second-order valence-corrected chi connectivity index (χ2v) is 8.03. The van der Waals surface area contributed by atoms with Crippen molar-refractivity contribution in [2.75, 3.05) is 32.7 Å². The molecule has 0 aromatic heterocycles. The van der Waals surface area contributed by atoms with Crippen LogP contribution in [0.15, 0.2) is 0 Å². The third-order valence-electron chi connectivity index (χ3n) is 5.85. The minimum atomic E-state index is -0.0671. The Balaban J connectivity index is 1.35. The molecule has 25 heavy (non-hydrogen) atoms. The molecule has 0 radical (unpaired) electrons. The molecule has 0 aromatic rings. The Morgan fingerprint density at radius 3 is 2.08 bits per heavy atom. The number of amides is 2. The molecule has 1 saturated heterocycles. The maximum absolute atomic E-state index is 12.3. The maximum Gasteiger partial charge on any atom is 0.237 e. The Morgan fingerprint density at radius 2 is 1.48 bits per heavy atom. The van der Waals surface area contributed by atoms with E-state index in [1.807, 2.05) is 6.92 Å². The number of carbonyl (C=O) groups excluding carboxylic acids is 2. The average molecular weight is 351 g/mol. The van der Waals surface area contributed by atoms with E-state index >= 15 is 0 Å². The Hall–Kier alpha value is -1.14. The lowest BCUT2D eigenvalue weighted by Crippen LogP contribution is -2.55. The van der Waals surface area contributed by atoms with Crippen LogP contribution >= 0.6 is 0 Å². The van der Waals surface area contributed by atoms with Crippen LogP contribution in [0.2, 0.25) is 0 Å². The fourth-order valence-electron chi connectivity index (χ4n) is 3.92. The van der Waals surface area contributed by atoms with Gasteiger partial charge in [0.05, 0.1) is 12.6 Å². The highest BCUT2D eigenvalue weighted by Crippen LogP contribution is 2.19. The molecule has 1 unspecified atom stereocenters. The monoisotopic (exact) mass is 350 g/mol. The van der Waals surface area contributed by atoms with E-state index in [0.717, 1.165) is 51.9 Å². The van der Waals surface area contributed by atoms with Gasteiger partial charge in [-0.15, -0.1) is 0 Å². The molecule has 6 heteroatoms. The molecule has 0 spiro atoms. The number of nitrogens with one attached hydrogen (secondary N) is 2. The van der Waals surface area contributed by atoms with Crippen LogP contribution in [0, 0.1) is 0 Å². The quantitative estimate of drug-likeness (QED) is 0.705. The highest BCUT2D eigenvalue weighted by Gasteiger charge is 2.30. The molecular weight excluding hydrogens is 316 g/mol. The molecule has 142 valence electrons. The van der Waals surface area contributed by atoms with E-state index in [1.165, 1.54) is 25.7 Å². The lowest BCUT2D eigenvalue weighted by atomic mass is 10.1. The van der Waals surface area contributed by atoms with Crippen molar-refractivity contribution in [3.05, 3.63) is 0 Å². The van der Waals surface area contributed by atoms with Gasteiger partial charge in [-0.05, 0) is 32.6 Å². The van der Waals surface area contributed by atoms with Crippen molar-refractivity contribution in [1.82, 2.24) is 20.4 Å². The number of carbonyl (C=O) groups is 2. The zero-order valence-electron chi connectivity index (χ0n) is 15.6. The first-order valence-corrected chi connectivity index (χ1v) is 10.2. The van der Waals surface area contributed by atoms with Crippen molar-refractivity contribution in [3.8, 4) is 0 Å². The van der Waals surface area contributed by atoms with Crippen molar-refractivity contribution >= 4 is 11.8 Å². The molecule has 2 N–H and O–H groups in total. The SMILES string of the molecule is CC(C(=O)NC1CC1)N1CCN(CC(=O)NC2CCCCCC2)CC1. The van der Waals surface area contributed by atoms with Gasteiger partial charge in [-0.3, -0.25) is 19.4 Å². The van der Waals surface area contributed by atoms with E-state index in [2.05, 4.69) is 20.4 Å². The van der Waals surface area contributed by atoms with Crippen LogP contribution in [0.3, 0.4) is 0 Å². The molecule has 2 aliphatic carbocycles. The van der Waals surface area contributed by atoms with Gasteiger partial charge >= 0.3 is 0 Å². The van der Waals surface area contributed by atoms with Gasteiger partial charge in [-0.25, -0.2) is 0 Å². The highest BCUT2D eigenvalue weighted by atomic mass is 16.2.